The first-order valence-electron chi connectivity index (χ1n) is 8.42. The highest BCUT2D eigenvalue weighted by Crippen LogP contribution is 2.37. The molecule has 2 aromatic rings. The fourth-order valence-electron chi connectivity index (χ4n) is 2.62. The molecule has 1 amide bonds. The predicted molar refractivity (Wildman–Crippen MR) is 119 cm³/mol. The number of anilines is 1. The summed E-state index contributed by atoms with van der Waals surface area (Å²) in [5.74, 6) is -0.851. The van der Waals surface area contributed by atoms with Crippen molar-refractivity contribution in [2.24, 2.45) is 0 Å². The van der Waals surface area contributed by atoms with Crippen LogP contribution in [-0.2, 0) is 9.59 Å². The molecule has 0 saturated carbocycles. The fraction of sp³-hybridized carbons (Fsp3) is 0.150. The minimum Gasteiger partial charge on any atom is -0.479 e. The first-order chi connectivity index (χ1) is 13.4. The average molecular weight is 478 g/mol. The summed E-state index contributed by atoms with van der Waals surface area (Å²) >= 11 is 10.00. The Kier molecular flexibility index (Phi) is 6.53. The van der Waals surface area contributed by atoms with E-state index in [0.717, 1.165) is 4.47 Å². The lowest BCUT2D eigenvalue weighted by molar-refractivity contribution is -0.145. The number of carboxylic acids is 1. The second kappa shape index (κ2) is 8.89. The van der Waals surface area contributed by atoms with Gasteiger partial charge >= 0.3 is 5.97 Å². The maximum absolute atomic E-state index is 12.9. The molecule has 0 aromatic heterocycles. The van der Waals surface area contributed by atoms with E-state index in [4.69, 9.17) is 17.0 Å². The summed E-state index contributed by atoms with van der Waals surface area (Å²) in [6, 6.07) is 14.4. The van der Waals surface area contributed by atoms with E-state index >= 15 is 0 Å². The Balaban J connectivity index is 1.92. The zero-order valence-electron chi connectivity index (χ0n) is 14.8. The molecule has 1 fully saturated rings. The molecule has 0 spiro atoms. The molecule has 0 bridgehead atoms. The number of halogens is 1. The van der Waals surface area contributed by atoms with Gasteiger partial charge < -0.3 is 9.84 Å². The molecule has 1 saturated heterocycles. The predicted octanol–water partition coefficient (Wildman–Crippen LogP) is 5.10. The molecule has 28 heavy (non-hydrogen) atoms. The van der Waals surface area contributed by atoms with Crippen LogP contribution in [0.1, 0.15) is 18.9 Å². The van der Waals surface area contributed by atoms with Gasteiger partial charge in [0.05, 0.1) is 10.6 Å². The maximum Gasteiger partial charge on any atom is 0.344 e. The van der Waals surface area contributed by atoms with Crippen molar-refractivity contribution in [2.75, 3.05) is 4.90 Å². The lowest BCUT2D eigenvalue weighted by Crippen LogP contribution is -2.27. The van der Waals surface area contributed by atoms with Crippen molar-refractivity contribution in [1.29, 1.82) is 0 Å². The Hall–Kier alpha value is -2.16. The molecular formula is C20H16BrNO4S2. The van der Waals surface area contributed by atoms with Gasteiger partial charge in [-0.15, -0.1) is 0 Å². The number of para-hydroxylation sites is 1. The first-order valence-corrected chi connectivity index (χ1v) is 10.4. The lowest BCUT2D eigenvalue weighted by atomic mass is 10.1. The van der Waals surface area contributed by atoms with Gasteiger partial charge in [-0.05, 0) is 36.8 Å². The van der Waals surface area contributed by atoms with Crippen LogP contribution < -0.4 is 9.64 Å². The highest BCUT2D eigenvalue weighted by molar-refractivity contribution is 9.10. The SMILES string of the molecule is CCC(Oc1ccccc1/C=C1/SC(=S)N(c2cccc(Br)c2)C1=O)C(=O)O. The summed E-state index contributed by atoms with van der Waals surface area (Å²) in [4.78, 5) is 26.1. The topological polar surface area (TPSA) is 66.8 Å². The van der Waals surface area contributed by atoms with Crippen molar-refractivity contribution in [3.8, 4) is 5.75 Å². The zero-order chi connectivity index (χ0) is 20.3. The van der Waals surface area contributed by atoms with E-state index in [1.54, 1.807) is 37.3 Å². The number of carbonyl (C=O) groups excluding carboxylic acids is 1. The number of benzene rings is 2. The molecular weight excluding hydrogens is 462 g/mol. The number of amides is 1. The normalized spacial score (nSPS) is 16.5. The monoisotopic (exact) mass is 477 g/mol. The van der Waals surface area contributed by atoms with Crippen LogP contribution in [0.4, 0.5) is 5.69 Å². The number of ether oxygens (including phenoxy) is 1. The van der Waals surface area contributed by atoms with Crippen molar-refractivity contribution in [1.82, 2.24) is 0 Å². The largest absolute Gasteiger partial charge is 0.479 e. The molecule has 2 aromatic carbocycles. The molecule has 0 radical (unpaired) electrons. The molecule has 5 nitrogen and oxygen atoms in total. The third-order valence-corrected chi connectivity index (χ3v) is 5.78. The molecule has 1 unspecified atom stereocenters. The highest BCUT2D eigenvalue weighted by atomic mass is 79.9. The molecule has 1 N–H and O–H groups in total. The molecule has 144 valence electrons. The maximum atomic E-state index is 12.9. The second-order valence-corrected chi connectivity index (χ2v) is 8.48. The summed E-state index contributed by atoms with van der Waals surface area (Å²) < 4.78 is 6.92. The van der Waals surface area contributed by atoms with Crippen molar-refractivity contribution < 1.29 is 19.4 Å². The van der Waals surface area contributed by atoms with E-state index in [-0.39, 0.29) is 5.91 Å². The van der Waals surface area contributed by atoms with Crippen molar-refractivity contribution in [2.45, 2.75) is 19.4 Å². The third-order valence-electron chi connectivity index (χ3n) is 3.98. The van der Waals surface area contributed by atoms with Gasteiger partial charge in [0.1, 0.15) is 5.75 Å². The van der Waals surface area contributed by atoms with Gasteiger partial charge in [-0.3, -0.25) is 9.69 Å². The third kappa shape index (κ3) is 4.45. The van der Waals surface area contributed by atoms with Gasteiger partial charge in [-0.2, -0.15) is 0 Å². The number of aliphatic carboxylic acids is 1. The molecule has 8 heteroatoms. The van der Waals surface area contributed by atoms with Crippen LogP contribution in [0.15, 0.2) is 57.9 Å². The summed E-state index contributed by atoms with van der Waals surface area (Å²) in [6.07, 6.45) is 1.06. The molecule has 3 rings (SSSR count). The Morgan fingerprint density at radius 1 is 1.32 bits per heavy atom. The van der Waals surface area contributed by atoms with Crippen molar-refractivity contribution in [3.63, 3.8) is 0 Å². The molecule has 1 heterocycles. The van der Waals surface area contributed by atoms with E-state index < -0.39 is 12.1 Å². The van der Waals surface area contributed by atoms with Gasteiger partial charge in [0.25, 0.3) is 5.91 Å². The molecule has 0 aliphatic carbocycles. The van der Waals surface area contributed by atoms with E-state index in [2.05, 4.69) is 15.9 Å². The number of rotatable bonds is 6. The Bertz CT molecular complexity index is 976. The number of thiocarbonyl (C=S) groups is 1. The Morgan fingerprint density at radius 2 is 2.07 bits per heavy atom. The standard InChI is InChI=1S/C20H16BrNO4S2/c1-2-15(19(24)25)26-16-9-4-3-6-12(16)10-17-18(23)22(20(27)28-17)14-8-5-7-13(21)11-14/h3-11,15H,2H2,1H3,(H,24,25)/b17-10+. The smallest absolute Gasteiger partial charge is 0.344 e. The fourth-order valence-corrected chi connectivity index (χ4v) is 4.29. The number of carbonyl (C=O) groups is 2. The van der Waals surface area contributed by atoms with Crippen molar-refractivity contribution >= 4 is 67.9 Å². The van der Waals surface area contributed by atoms with E-state index in [0.29, 0.717) is 32.6 Å². The van der Waals surface area contributed by atoms with Crippen LogP contribution in [0.2, 0.25) is 0 Å². The van der Waals surface area contributed by atoms with Gasteiger partial charge in [0, 0.05) is 10.0 Å². The minimum absolute atomic E-state index is 0.229. The summed E-state index contributed by atoms with van der Waals surface area (Å²) in [5.41, 5.74) is 1.30. The highest BCUT2D eigenvalue weighted by Gasteiger charge is 2.33. The minimum atomic E-state index is -1.03. The van der Waals surface area contributed by atoms with Gasteiger partial charge in [0.15, 0.2) is 10.4 Å². The average Bonchev–Trinajstić information content (AvgIpc) is 2.94. The van der Waals surface area contributed by atoms with E-state index in [1.165, 1.54) is 16.7 Å². The number of thioether (sulfide) groups is 1. The number of nitrogens with zero attached hydrogens (tertiary/aromatic N) is 1. The van der Waals surface area contributed by atoms with Crippen LogP contribution in [0.3, 0.4) is 0 Å². The van der Waals surface area contributed by atoms with Gasteiger partial charge in [0.2, 0.25) is 0 Å². The Labute approximate surface area is 180 Å². The Morgan fingerprint density at radius 3 is 2.75 bits per heavy atom. The zero-order valence-corrected chi connectivity index (χ0v) is 18.0. The van der Waals surface area contributed by atoms with Crippen LogP contribution in [0, 0.1) is 0 Å². The van der Waals surface area contributed by atoms with E-state index in [9.17, 15) is 14.7 Å². The molecule has 1 atom stereocenters. The van der Waals surface area contributed by atoms with E-state index in [1.807, 2.05) is 24.3 Å². The number of hydrogen-bond acceptors (Lipinski definition) is 5. The van der Waals surface area contributed by atoms with Crippen molar-refractivity contribution in [3.05, 3.63) is 63.5 Å². The van der Waals surface area contributed by atoms with Gasteiger partial charge in [-0.25, -0.2) is 4.79 Å². The second-order valence-electron chi connectivity index (χ2n) is 5.89. The summed E-state index contributed by atoms with van der Waals surface area (Å²) in [6.45, 7) is 1.74. The number of hydrogen-bond donors (Lipinski definition) is 1. The first kappa shape index (κ1) is 20.6. The van der Waals surface area contributed by atoms with Crippen LogP contribution in [0.5, 0.6) is 5.75 Å². The summed E-state index contributed by atoms with van der Waals surface area (Å²) in [7, 11) is 0. The molecule has 1 aliphatic heterocycles. The lowest BCUT2D eigenvalue weighted by Gasteiger charge is -2.15. The summed E-state index contributed by atoms with van der Waals surface area (Å²) in [5, 5.41) is 9.24. The van der Waals surface area contributed by atoms with Crippen LogP contribution >= 0.6 is 39.9 Å². The van der Waals surface area contributed by atoms with Crippen LogP contribution in [-0.4, -0.2) is 27.4 Å². The quantitative estimate of drug-likeness (QED) is 0.461. The van der Waals surface area contributed by atoms with Gasteiger partial charge in [-0.1, -0.05) is 71.1 Å². The van der Waals surface area contributed by atoms with Crippen LogP contribution in [0.25, 0.3) is 6.08 Å². The number of carboxylic acid groups (broad SMARTS) is 1. The molecule has 1 aliphatic rings.